The van der Waals surface area contributed by atoms with Gasteiger partial charge in [0.05, 0.1) is 6.61 Å². The molecule has 1 rings (SSSR count). The van der Waals surface area contributed by atoms with E-state index in [-0.39, 0.29) is 11.7 Å². The maximum absolute atomic E-state index is 11.7. The molecule has 0 radical (unpaired) electrons. The predicted molar refractivity (Wildman–Crippen MR) is 105 cm³/mol. The molecular formula is C22H34O3. The topological polar surface area (TPSA) is 46.5 Å². The molecule has 25 heavy (non-hydrogen) atoms. The average Bonchev–Trinajstić information content (AvgIpc) is 2.60. The minimum atomic E-state index is -0.304. The molecule has 140 valence electrons. The number of unbranched alkanes of at least 4 members (excludes halogenated alkanes) is 9. The number of hydrogen-bond donors (Lipinski definition) is 1. The molecule has 0 spiro atoms. The monoisotopic (exact) mass is 346 g/mol. The van der Waals surface area contributed by atoms with E-state index in [0.717, 1.165) is 24.0 Å². The van der Waals surface area contributed by atoms with Crippen LogP contribution in [-0.2, 0) is 9.53 Å². The van der Waals surface area contributed by atoms with Crippen molar-refractivity contribution in [1.82, 2.24) is 0 Å². The van der Waals surface area contributed by atoms with Gasteiger partial charge in [0.1, 0.15) is 5.75 Å². The Balaban J connectivity index is 2.01. The van der Waals surface area contributed by atoms with Crippen molar-refractivity contribution in [3.05, 3.63) is 35.4 Å². The van der Waals surface area contributed by atoms with Crippen molar-refractivity contribution < 1.29 is 14.6 Å². The molecule has 0 atom stereocenters. The summed E-state index contributed by atoms with van der Waals surface area (Å²) in [6.07, 6.45) is 15.9. The summed E-state index contributed by atoms with van der Waals surface area (Å²) in [5, 5.41) is 9.47. The molecule has 0 unspecified atom stereocenters. The van der Waals surface area contributed by atoms with E-state index in [1.54, 1.807) is 18.2 Å². The van der Waals surface area contributed by atoms with Crippen LogP contribution >= 0.6 is 0 Å². The number of ether oxygens (including phenoxy) is 1. The largest absolute Gasteiger partial charge is 0.508 e. The lowest BCUT2D eigenvalue weighted by atomic mass is 10.1. The Morgan fingerprint density at radius 3 is 2.20 bits per heavy atom. The normalized spacial score (nSPS) is 11.1. The molecule has 0 amide bonds. The molecule has 1 N–H and O–H groups in total. The van der Waals surface area contributed by atoms with Crippen LogP contribution in [0.25, 0.3) is 6.08 Å². The highest BCUT2D eigenvalue weighted by atomic mass is 16.5. The van der Waals surface area contributed by atoms with E-state index >= 15 is 0 Å². The van der Waals surface area contributed by atoms with Gasteiger partial charge < -0.3 is 9.84 Å². The predicted octanol–water partition coefficient (Wildman–Crippen LogP) is 6.18. The number of phenols is 1. The highest BCUT2D eigenvalue weighted by molar-refractivity contribution is 5.87. The first-order valence-corrected chi connectivity index (χ1v) is 9.78. The van der Waals surface area contributed by atoms with Gasteiger partial charge in [-0.2, -0.15) is 0 Å². The number of rotatable bonds is 13. The molecule has 0 saturated heterocycles. The molecule has 0 aliphatic heterocycles. The quantitative estimate of drug-likeness (QED) is 0.263. The van der Waals surface area contributed by atoms with Crippen LogP contribution < -0.4 is 0 Å². The molecule has 0 saturated carbocycles. The first-order valence-electron chi connectivity index (χ1n) is 9.78. The Hall–Kier alpha value is -1.77. The standard InChI is InChI=1S/C22H34O3/c1-3-4-5-6-7-8-9-10-11-12-17-25-22(24)16-14-20-13-15-21(23)19(2)18-20/h13-16,18,23H,3-12,17H2,1-2H3/b16-14+. The third kappa shape index (κ3) is 10.6. The minimum absolute atomic E-state index is 0.265. The van der Waals surface area contributed by atoms with Crippen molar-refractivity contribution in [3.8, 4) is 5.75 Å². The van der Waals surface area contributed by atoms with Gasteiger partial charge in [-0.05, 0) is 42.7 Å². The van der Waals surface area contributed by atoms with Gasteiger partial charge in [-0.3, -0.25) is 0 Å². The van der Waals surface area contributed by atoms with Crippen LogP contribution in [0.4, 0.5) is 0 Å². The molecule has 3 nitrogen and oxygen atoms in total. The maximum atomic E-state index is 11.7. The van der Waals surface area contributed by atoms with Gasteiger partial charge in [-0.1, -0.05) is 70.8 Å². The van der Waals surface area contributed by atoms with Crippen molar-refractivity contribution >= 4 is 12.0 Å². The number of carbonyl (C=O) groups is 1. The average molecular weight is 347 g/mol. The van der Waals surface area contributed by atoms with Crippen LogP contribution in [0.2, 0.25) is 0 Å². The van der Waals surface area contributed by atoms with Crippen LogP contribution in [-0.4, -0.2) is 17.7 Å². The molecule has 0 heterocycles. The molecular weight excluding hydrogens is 312 g/mol. The van der Waals surface area contributed by atoms with Gasteiger partial charge in [0, 0.05) is 6.08 Å². The zero-order valence-corrected chi connectivity index (χ0v) is 15.9. The Morgan fingerprint density at radius 2 is 1.60 bits per heavy atom. The van der Waals surface area contributed by atoms with Gasteiger partial charge in [0.15, 0.2) is 0 Å². The number of benzene rings is 1. The molecule has 0 fully saturated rings. The fraction of sp³-hybridized carbons (Fsp3) is 0.591. The molecule has 0 bridgehead atoms. The lowest BCUT2D eigenvalue weighted by Gasteiger charge is -2.03. The summed E-state index contributed by atoms with van der Waals surface area (Å²) in [4.78, 5) is 11.7. The minimum Gasteiger partial charge on any atom is -0.508 e. The second-order valence-corrected chi connectivity index (χ2v) is 6.73. The molecule has 0 aliphatic carbocycles. The summed E-state index contributed by atoms with van der Waals surface area (Å²) in [6, 6.07) is 5.24. The van der Waals surface area contributed by atoms with E-state index in [1.807, 2.05) is 13.0 Å². The van der Waals surface area contributed by atoms with E-state index in [4.69, 9.17) is 4.74 Å². The summed E-state index contributed by atoms with van der Waals surface area (Å²) in [5.41, 5.74) is 1.67. The number of hydrogen-bond acceptors (Lipinski definition) is 3. The number of aryl methyl sites for hydroxylation is 1. The Labute approximate surface area is 153 Å². The Kier molecular flexibility index (Phi) is 11.5. The molecule has 0 aromatic heterocycles. The highest BCUT2D eigenvalue weighted by Crippen LogP contribution is 2.17. The van der Waals surface area contributed by atoms with E-state index < -0.39 is 0 Å². The summed E-state index contributed by atoms with van der Waals surface area (Å²) in [5.74, 6) is -0.0395. The van der Waals surface area contributed by atoms with Crippen LogP contribution in [0.15, 0.2) is 24.3 Å². The molecule has 3 heteroatoms. The van der Waals surface area contributed by atoms with E-state index in [9.17, 15) is 9.90 Å². The Morgan fingerprint density at radius 1 is 1.00 bits per heavy atom. The number of phenolic OH excluding ortho intramolecular Hbond substituents is 1. The SMILES string of the molecule is CCCCCCCCCCCCOC(=O)/C=C/c1ccc(O)c(C)c1. The summed E-state index contributed by atoms with van der Waals surface area (Å²) in [6.45, 7) is 4.57. The summed E-state index contributed by atoms with van der Waals surface area (Å²) < 4.78 is 5.21. The van der Waals surface area contributed by atoms with Crippen molar-refractivity contribution in [3.63, 3.8) is 0 Å². The zero-order valence-electron chi connectivity index (χ0n) is 15.9. The second-order valence-electron chi connectivity index (χ2n) is 6.73. The van der Waals surface area contributed by atoms with Gasteiger partial charge in [-0.15, -0.1) is 0 Å². The van der Waals surface area contributed by atoms with Crippen LogP contribution in [0, 0.1) is 6.92 Å². The van der Waals surface area contributed by atoms with Gasteiger partial charge >= 0.3 is 5.97 Å². The first-order chi connectivity index (χ1) is 12.1. The molecule has 0 aliphatic rings. The zero-order chi connectivity index (χ0) is 18.3. The van der Waals surface area contributed by atoms with E-state index in [1.165, 1.54) is 57.4 Å². The second kappa shape index (κ2) is 13.5. The summed E-state index contributed by atoms with van der Waals surface area (Å²) >= 11 is 0. The number of esters is 1. The van der Waals surface area contributed by atoms with E-state index in [2.05, 4.69) is 6.92 Å². The number of aromatic hydroxyl groups is 1. The van der Waals surface area contributed by atoms with Gasteiger partial charge in [0.25, 0.3) is 0 Å². The third-order valence-electron chi connectivity index (χ3n) is 4.37. The number of carbonyl (C=O) groups excluding carboxylic acids is 1. The lowest BCUT2D eigenvalue weighted by molar-refractivity contribution is -0.137. The Bertz CT molecular complexity index is 520. The van der Waals surface area contributed by atoms with Gasteiger partial charge in [-0.25, -0.2) is 4.79 Å². The molecule has 1 aromatic rings. The smallest absolute Gasteiger partial charge is 0.330 e. The highest BCUT2D eigenvalue weighted by Gasteiger charge is 1.99. The maximum Gasteiger partial charge on any atom is 0.330 e. The van der Waals surface area contributed by atoms with Crippen molar-refractivity contribution in [2.24, 2.45) is 0 Å². The van der Waals surface area contributed by atoms with Crippen LogP contribution in [0.3, 0.4) is 0 Å². The first kappa shape index (κ1) is 21.3. The van der Waals surface area contributed by atoms with Crippen LogP contribution in [0.5, 0.6) is 5.75 Å². The van der Waals surface area contributed by atoms with Crippen molar-refractivity contribution in [2.75, 3.05) is 6.61 Å². The fourth-order valence-electron chi connectivity index (χ4n) is 2.76. The van der Waals surface area contributed by atoms with E-state index in [0.29, 0.717) is 6.61 Å². The van der Waals surface area contributed by atoms with Crippen LogP contribution in [0.1, 0.15) is 82.3 Å². The molecule has 1 aromatic carbocycles. The van der Waals surface area contributed by atoms with Crippen molar-refractivity contribution in [1.29, 1.82) is 0 Å². The van der Waals surface area contributed by atoms with Gasteiger partial charge in [0.2, 0.25) is 0 Å². The fourth-order valence-corrected chi connectivity index (χ4v) is 2.76. The van der Waals surface area contributed by atoms with Crippen molar-refractivity contribution in [2.45, 2.75) is 78.1 Å². The summed E-state index contributed by atoms with van der Waals surface area (Å²) in [7, 11) is 0. The lowest BCUT2D eigenvalue weighted by Crippen LogP contribution is -2.02. The third-order valence-corrected chi connectivity index (χ3v) is 4.37.